The van der Waals surface area contributed by atoms with E-state index >= 15 is 0 Å². The summed E-state index contributed by atoms with van der Waals surface area (Å²) in [6.07, 6.45) is 1.28. The maximum atomic E-state index is 11.4. The van der Waals surface area contributed by atoms with Gasteiger partial charge in [-0.25, -0.2) is 0 Å². The quantitative estimate of drug-likeness (QED) is 0.614. The summed E-state index contributed by atoms with van der Waals surface area (Å²) in [4.78, 5) is 13.8. The second kappa shape index (κ2) is 8.44. The lowest BCUT2D eigenvalue weighted by molar-refractivity contribution is -0.143. The van der Waals surface area contributed by atoms with Gasteiger partial charge in [-0.15, -0.1) is 0 Å². The first-order chi connectivity index (χ1) is 14.1. The zero-order valence-electron chi connectivity index (χ0n) is 16.3. The van der Waals surface area contributed by atoms with Crippen molar-refractivity contribution in [3.63, 3.8) is 0 Å². The number of methoxy groups -OCH3 is 1. The molecule has 1 aliphatic heterocycles. The molecule has 1 saturated heterocycles. The Morgan fingerprint density at radius 1 is 1.07 bits per heavy atom. The van der Waals surface area contributed by atoms with Crippen LogP contribution in [0.2, 0.25) is 5.02 Å². The highest BCUT2D eigenvalue weighted by Gasteiger charge is 2.31. The molecule has 4 rings (SSSR count). The highest BCUT2D eigenvalue weighted by molar-refractivity contribution is 6.30. The summed E-state index contributed by atoms with van der Waals surface area (Å²) >= 11 is 6.35. The molecule has 0 spiro atoms. The summed E-state index contributed by atoms with van der Waals surface area (Å²) in [5.74, 6) is -0.190. The number of halogens is 1. The van der Waals surface area contributed by atoms with Gasteiger partial charge >= 0.3 is 5.97 Å². The van der Waals surface area contributed by atoms with Gasteiger partial charge in [0.1, 0.15) is 5.75 Å². The van der Waals surface area contributed by atoms with Crippen LogP contribution in [0.1, 0.15) is 30.0 Å². The Morgan fingerprint density at radius 2 is 1.79 bits per heavy atom. The lowest BCUT2D eigenvalue weighted by Crippen LogP contribution is -2.39. The molecule has 0 saturated carbocycles. The lowest BCUT2D eigenvalue weighted by atomic mass is 9.90. The fourth-order valence-corrected chi connectivity index (χ4v) is 4.47. The summed E-state index contributed by atoms with van der Waals surface area (Å²) in [6.45, 7) is 1.42. The van der Waals surface area contributed by atoms with E-state index in [2.05, 4.69) is 35.2 Å². The van der Waals surface area contributed by atoms with Crippen molar-refractivity contribution in [2.45, 2.75) is 18.9 Å². The summed E-state index contributed by atoms with van der Waals surface area (Å²) in [5.41, 5.74) is 2.15. The van der Waals surface area contributed by atoms with Gasteiger partial charge in [0, 0.05) is 10.6 Å². The van der Waals surface area contributed by atoms with Crippen LogP contribution >= 0.6 is 11.6 Å². The number of ether oxygens (including phenoxy) is 1. The van der Waals surface area contributed by atoms with Gasteiger partial charge in [0.15, 0.2) is 0 Å². The minimum absolute atomic E-state index is 0.0528. The van der Waals surface area contributed by atoms with E-state index in [0.717, 1.165) is 16.9 Å². The fraction of sp³-hybridized carbons (Fsp3) is 0.292. The molecule has 29 heavy (non-hydrogen) atoms. The number of carboxylic acids is 1. The van der Waals surface area contributed by atoms with Gasteiger partial charge in [-0.1, -0.05) is 48.0 Å². The summed E-state index contributed by atoms with van der Waals surface area (Å²) in [7, 11) is 1.67. The average Bonchev–Trinajstić information content (AvgIpc) is 2.74. The number of likely N-dealkylation sites (tertiary alicyclic amines) is 1. The smallest absolute Gasteiger partial charge is 0.306 e. The van der Waals surface area contributed by atoms with E-state index in [9.17, 15) is 9.90 Å². The number of carboxylic acid groups (broad SMARTS) is 1. The highest BCUT2D eigenvalue weighted by Crippen LogP contribution is 2.39. The highest BCUT2D eigenvalue weighted by atomic mass is 35.5. The largest absolute Gasteiger partial charge is 0.496 e. The van der Waals surface area contributed by atoms with E-state index in [4.69, 9.17) is 16.3 Å². The van der Waals surface area contributed by atoms with E-state index in [-0.39, 0.29) is 12.0 Å². The predicted molar refractivity (Wildman–Crippen MR) is 116 cm³/mol. The van der Waals surface area contributed by atoms with E-state index in [1.807, 2.05) is 30.3 Å². The van der Waals surface area contributed by atoms with Crippen LogP contribution in [-0.2, 0) is 4.79 Å². The van der Waals surface area contributed by atoms with Crippen molar-refractivity contribution < 1.29 is 14.6 Å². The third-order valence-electron chi connectivity index (χ3n) is 5.82. The van der Waals surface area contributed by atoms with Crippen LogP contribution in [0.4, 0.5) is 0 Å². The molecule has 4 nitrogen and oxygen atoms in total. The maximum Gasteiger partial charge on any atom is 0.306 e. The number of benzene rings is 3. The van der Waals surface area contributed by atoms with E-state index in [1.54, 1.807) is 7.11 Å². The van der Waals surface area contributed by atoms with E-state index in [0.29, 0.717) is 31.0 Å². The van der Waals surface area contributed by atoms with Gasteiger partial charge in [0.25, 0.3) is 0 Å². The van der Waals surface area contributed by atoms with Crippen LogP contribution in [0.25, 0.3) is 10.8 Å². The van der Waals surface area contributed by atoms with Crippen LogP contribution in [-0.4, -0.2) is 36.2 Å². The third-order valence-corrected chi connectivity index (χ3v) is 6.05. The van der Waals surface area contributed by atoms with Gasteiger partial charge in [-0.2, -0.15) is 0 Å². The van der Waals surface area contributed by atoms with Crippen molar-refractivity contribution >= 4 is 28.3 Å². The number of piperidine rings is 1. The van der Waals surface area contributed by atoms with Gasteiger partial charge < -0.3 is 9.84 Å². The molecule has 3 aromatic rings. The number of carbonyl (C=O) groups is 1. The molecule has 1 N–H and O–H groups in total. The number of hydrogen-bond donors (Lipinski definition) is 1. The summed E-state index contributed by atoms with van der Waals surface area (Å²) in [5, 5.41) is 12.4. The average molecular weight is 410 g/mol. The minimum Gasteiger partial charge on any atom is -0.496 e. The fourth-order valence-electron chi connectivity index (χ4n) is 4.29. The second-order valence-electron chi connectivity index (χ2n) is 7.54. The first-order valence-corrected chi connectivity index (χ1v) is 10.2. The Kier molecular flexibility index (Phi) is 5.74. The Labute approximate surface area is 175 Å². The molecule has 1 unspecified atom stereocenters. The van der Waals surface area contributed by atoms with Crippen LogP contribution in [0, 0.1) is 5.92 Å². The second-order valence-corrected chi connectivity index (χ2v) is 7.98. The molecule has 1 heterocycles. The molecule has 0 radical (unpaired) electrons. The molecule has 1 aliphatic rings. The minimum atomic E-state index is -0.702. The Balaban J connectivity index is 1.79. The number of fused-ring (bicyclic) bond motifs is 1. The van der Waals surface area contributed by atoms with Crippen LogP contribution in [0.15, 0.2) is 60.7 Å². The Morgan fingerprint density at radius 3 is 2.48 bits per heavy atom. The molecule has 3 aromatic carbocycles. The number of aliphatic carboxylic acids is 1. The predicted octanol–water partition coefficient (Wildman–Crippen LogP) is 5.39. The van der Waals surface area contributed by atoms with Gasteiger partial charge in [0.2, 0.25) is 0 Å². The van der Waals surface area contributed by atoms with Gasteiger partial charge in [0.05, 0.1) is 19.1 Å². The molecule has 0 aromatic heterocycles. The van der Waals surface area contributed by atoms with E-state index in [1.165, 1.54) is 10.8 Å². The van der Waals surface area contributed by atoms with Crippen LogP contribution < -0.4 is 4.74 Å². The van der Waals surface area contributed by atoms with Gasteiger partial charge in [-0.05, 0) is 66.5 Å². The maximum absolute atomic E-state index is 11.4. The van der Waals surface area contributed by atoms with Crippen molar-refractivity contribution in [3.8, 4) is 5.75 Å². The molecule has 0 aliphatic carbocycles. The van der Waals surface area contributed by atoms with Gasteiger partial charge in [-0.3, -0.25) is 9.69 Å². The SMILES string of the molecule is COc1ccc(Cl)cc1C(c1ccc2ccccc2c1)N1CCC(C(=O)O)CC1. The standard InChI is InChI=1S/C24H24ClNO3/c1-29-22-9-8-20(25)15-21(22)23(26-12-10-17(11-13-26)24(27)28)19-7-6-16-4-2-3-5-18(16)14-19/h2-9,14-15,17,23H,10-13H2,1H3,(H,27,28). The van der Waals surface area contributed by atoms with Crippen molar-refractivity contribution in [1.29, 1.82) is 0 Å². The first kappa shape index (κ1) is 19.7. The lowest BCUT2D eigenvalue weighted by Gasteiger charge is -2.37. The molecule has 5 heteroatoms. The van der Waals surface area contributed by atoms with E-state index < -0.39 is 5.97 Å². The summed E-state index contributed by atoms with van der Waals surface area (Å²) in [6, 6.07) is 20.4. The van der Waals surface area contributed by atoms with Crippen LogP contribution in [0.5, 0.6) is 5.75 Å². The topological polar surface area (TPSA) is 49.8 Å². The molecule has 1 atom stereocenters. The zero-order valence-corrected chi connectivity index (χ0v) is 17.1. The van der Waals surface area contributed by atoms with Crippen molar-refractivity contribution in [3.05, 3.63) is 76.8 Å². The normalized spacial score (nSPS) is 16.6. The molecular weight excluding hydrogens is 386 g/mol. The number of hydrogen-bond acceptors (Lipinski definition) is 3. The Bertz CT molecular complexity index is 1030. The molecule has 1 fully saturated rings. The molecule has 0 bridgehead atoms. The Hall–Kier alpha value is -2.56. The zero-order chi connectivity index (χ0) is 20.4. The monoisotopic (exact) mass is 409 g/mol. The van der Waals surface area contributed by atoms with Crippen LogP contribution in [0.3, 0.4) is 0 Å². The summed E-state index contributed by atoms with van der Waals surface area (Å²) < 4.78 is 5.66. The number of nitrogens with zero attached hydrogens (tertiary/aromatic N) is 1. The first-order valence-electron chi connectivity index (χ1n) is 9.86. The van der Waals surface area contributed by atoms with Crippen molar-refractivity contribution in [1.82, 2.24) is 4.90 Å². The van der Waals surface area contributed by atoms with Crippen molar-refractivity contribution in [2.24, 2.45) is 5.92 Å². The number of rotatable bonds is 5. The van der Waals surface area contributed by atoms with Crippen molar-refractivity contribution in [2.75, 3.05) is 20.2 Å². The molecule has 0 amide bonds. The third kappa shape index (κ3) is 4.09. The molecule has 150 valence electrons. The molecular formula is C24H24ClNO3.